The zero-order chi connectivity index (χ0) is 16.8. The van der Waals surface area contributed by atoms with Crippen molar-refractivity contribution in [3.8, 4) is 11.3 Å². The molecule has 1 saturated heterocycles. The Bertz CT molecular complexity index is 659. The van der Waals surface area contributed by atoms with Crippen molar-refractivity contribution in [2.24, 2.45) is 0 Å². The average molecular weight is 324 g/mol. The smallest absolute Gasteiger partial charge is 0.224 e. The maximum atomic E-state index is 11.4. The highest BCUT2D eigenvalue weighted by atomic mass is 16.1. The molecular weight excluding hydrogens is 300 g/mol. The molecule has 0 unspecified atom stereocenters. The fraction of sp³-hybridized carbons (Fsp3) is 0.421. The van der Waals surface area contributed by atoms with E-state index in [1.54, 1.807) is 0 Å². The molecule has 1 aromatic heterocycles. The van der Waals surface area contributed by atoms with E-state index in [-0.39, 0.29) is 5.91 Å². The van der Waals surface area contributed by atoms with Gasteiger partial charge in [-0.1, -0.05) is 31.9 Å². The third-order valence-electron chi connectivity index (χ3n) is 4.37. The number of carbonyl (C=O) groups is 1. The summed E-state index contributed by atoms with van der Waals surface area (Å²) in [4.78, 5) is 13.7. The van der Waals surface area contributed by atoms with Crippen LogP contribution in [0.25, 0.3) is 11.3 Å². The van der Waals surface area contributed by atoms with Crippen LogP contribution in [0.4, 0.5) is 11.5 Å². The van der Waals surface area contributed by atoms with Crippen LogP contribution in [0, 0.1) is 0 Å². The van der Waals surface area contributed by atoms with Crippen molar-refractivity contribution in [2.45, 2.75) is 39.0 Å². The molecule has 1 amide bonds. The maximum absolute atomic E-state index is 11.4. The molecular formula is C19H24N4O. The lowest BCUT2D eigenvalue weighted by molar-refractivity contribution is -0.115. The van der Waals surface area contributed by atoms with E-state index in [1.807, 2.05) is 37.3 Å². The molecule has 0 aliphatic carbocycles. The second-order valence-corrected chi connectivity index (χ2v) is 6.16. The third-order valence-corrected chi connectivity index (χ3v) is 4.37. The Hall–Kier alpha value is -2.43. The molecule has 0 spiro atoms. The minimum absolute atomic E-state index is 0.0179. The first kappa shape index (κ1) is 16.4. The second-order valence-electron chi connectivity index (χ2n) is 6.16. The lowest BCUT2D eigenvalue weighted by Crippen LogP contribution is -2.25. The van der Waals surface area contributed by atoms with Crippen LogP contribution in [-0.4, -0.2) is 29.2 Å². The Kier molecular flexibility index (Phi) is 5.41. The zero-order valence-corrected chi connectivity index (χ0v) is 14.2. The topological polar surface area (TPSA) is 58.1 Å². The Balaban J connectivity index is 1.69. The van der Waals surface area contributed by atoms with Gasteiger partial charge in [-0.25, -0.2) is 0 Å². The number of anilines is 2. The summed E-state index contributed by atoms with van der Waals surface area (Å²) in [6, 6.07) is 11.8. The van der Waals surface area contributed by atoms with Crippen molar-refractivity contribution in [3.63, 3.8) is 0 Å². The van der Waals surface area contributed by atoms with Gasteiger partial charge in [-0.3, -0.25) is 4.79 Å². The van der Waals surface area contributed by atoms with Gasteiger partial charge in [0.2, 0.25) is 5.91 Å². The van der Waals surface area contributed by atoms with E-state index in [1.165, 1.54) is 25.7 Å². The van der Waals surface area contributed by atoms with Gasteiger partial charge in [0.1, 0.15) is 0 Å². The Morgan fingerprint density at radius 1 is 1.00 bits per heavy atom. The minimum Gasteiger partial charge on any atom is -0.355 e. The predicted octanol–water partition coefficient (Wildman–Crippen LogP) is 3.87. The summed E-state index contributed by atoms with van der Waals surface area (Å²) in [6.45, 7) is 3.98. The fourth-order valence-electron chi connectivity index (χ4n) is 2.92. The number of amides is 1. The van der Waals surface area contributed by atoms with E-state index >= 15 is 0 Å². The van der Waals surface area contributed by atoms with Crippen molar-refractivity contribution >= 4 is 17.4 Å². The molecule has 2 heterocycles. The second kappa shape index (κ2) is 7.90. The molecule has 1 aromatic carbocycles. The highest BCUT2D eigenvalue weighted by molar-refractivity contribution is 5.90. The summed E-state index contributed by atoms with van der Waals surface area (Å²) < 4.78 is 0. The molecule has 1 aliphatic heterocycles. The average Bonchev–Trinajstić information content (AvgIpc) is 2.92. The van der Waals surface area contributed by atoms with Gasteiger partial charge in [0.15, 0.2) is 5.82 Å². The predicted molar refractivity (Wildman–Crippen MR) is 97.1 cm³/mol. The summed E-state index contributed by atoms with van der Waals surface area (Å²) in [5.41, 5.74) is 2.65. The van der Waals surface area contributed by atoms with Crippen LogP contribution < -0.4 is 10.2 Å². The number of rotatable bonds is 4. The number of hydrogen-bond acceptors (Lipinski definition) is 4. The molecule has 0 radical (unpaired) electrons. The molecule has 0 saturated carbocycles. The normalized spacial score (nSPS) is 15.0. The Morgan fingerprint density at radius 2 is 1.71 bits per heavy atom. The van der Waals surface area contributed by atoms with Gasteiger partial charge in [0, 0.05) is 30.8 Å². The molecule has 1 fully saturated rings. The molecule has 24 heavy (non-hydrogen) atoms. The van der Waals surface area contributed by atoms with Crippen molar-refractivity contribution in [2.75, 3.05) is 23.3 Å². The molecule has 2 aromatic rings. The van der Waals surface area contributed by atoms with E-state index in [9.17, 15) is 4.79 Å². The zero-order valence-electron chi connectivity index (χ0n) is 14.2. The standard InChI is InChI=1S/C19H24N4O/c1-2-19(24)20-16-9-7-15(8-10-16)17-11-12-18(22-21-17)23-13-5-3-4-6-14-23/h7-12H,2-6,13-14H2,1H3,(H,20,24). The first-order valence-corrected chi connectivity index (χ1v) is 8.75. The molecule has 3 rings (SSSR count). The largest absolute Gasteiger partial charge is 0.355 e. The summed E-state index contributed by atoms with van der Waals surface area (Å²) in [5.74, 6) is 0.983. The molecule has 5 nitrogen and oxygen atoms in total. The highest BCUT2D eigenvalue weighted by Gasteiger charge is 2.11. The molecule has 1 aliphatic rings. The number of aromatic nitrogens is 2. The minimum atomic E-state index is 0.0179. The van der Waals surface area contributed by atoms with Crippen molar-refractivity contribution in [3.05, 3.63) is 36.4 Å². The number of hydrogen-bond donors (Lipinski definition) is 1. The van der Waals surface area contributed by atoms with Crippen LogP contribution >= 0.6 is 0 Å². The van der Waals surface area contributed by atoms with Crippen LogP contribution in [0.15, 0.2) is 36.4 Å². The van der Waals surface area contributed by atoms with Gasteiger partial charge < -0.3 is 10.2 Å². The van der Waals surface area contributed by atoms with Crippen LogP contribution in [0.3, 0.4) is 0 Å². The van der Waals surface area contributed by atoms with E-state index in [0.29, 0.717) is 6.42 Å². The third kappa shape index (κ3) is 4.10. The number of nitrogens with one attached hydrogen (secondary N) is 1. The van der Waals surface area contributed by atoms with Gasteiger partial charge in [0.25, 0.3) is 0 Å². The summed E-state index contributed by atoms with van der Waals surface area (Å²) >= 11 is 0. The number of carbonyl (C=O) groups excluding carboxylic acids is 1. The van der Waals surface area contributed by atoms with Gasteiger partial charge in [0.05, 0.1) is 5.69 Å². The summed E-state index contributed by atoms with van der Waals surface area (Å²) in [6.07, 6.45) is 5.56. The van der Waals surface area contributed by atoms with Gasteiger partial charge in [-0.05, 0) is 37.1 Å². The fourth-order valence-corrected chi connectivity index (χ4v) is 2.92. The lowest BCUT2D eigenvalue weighted by atomic mass is 10.1. The molecule has 5 heteroatoms. The quantitative estimate of drug-likeness (QED) is 0.927. The molecule has 1 N–H and O–H groups in total. The highest BCUT2D eigenvalue weighted by Crippen LogP contribution is 2.22. The van der Waals surface area contributed by atoms with E-state index in [2.05, 4.69) is 26.5 Å². The van der Waals surface area contributed by atoms with Crippen LogP contribution in [-0.2, 0) is 4.79 Å². The van der Waals surface area contributed by atoms with Gasteiger partial charge in [-0.15, -0.1) is 10.2 Å². The Morgan fingerprint density at radius 3 is 2.29 bits per heavy atom. The maximum Gasteiger partial charge on any atom is 0.224 e. The van der Waals surface area contributed by atoms with Crippen LogP contribution in [0.2, 0.25) is 0 Å². The molecule has 0 atom stereocenters. The van der Waals surface area contributed by atoms with Crippen molar-refractivity contribution in [1.82, 2.24) is 10.2 Å². The molecule has 126 valence electrons. The first-order chi connectivity index (χ1) is 11.8. The van der Waals surface area contributed by atoms with Crippen molar-refractivity contribution in [1.29, 1.82) is 0 Å². The lowest BCUT2D eigenvalue weighted by Gasteiger charge is -2.20. The van der Waals surface area contributed by atoms with E-state index < -0.39 is 0 Å². The van der Waals surface area contributed by atoms with E-state index in [0.717, 1.165) is 35.9 Å². The van der Waals surface area contributed by atoms with Crippen LogP contribution in [0.1, 0.15) is 39.0 Å². The SMILES string of the molecule is CCC(=O)Nc1ccc(-c2ccc(N3CCCCCC3)nn2)cc1. The number of benzene rings is 1. The monoisotopic (exact) mass is 324 g/mol. The van der Waals surface area contributed by atoms with Crippen molar-refractivity contribution < 1.29 is 4.79 Å². The number of nitrogens with zero attached hydrogens (tertiary/aromatic N) is 3. The van der Waals surface area contributed by atoms with Crippen LogP contribution in [0.5, 0.6) is 0 Å². The Labute approximate surface area is 143 Å². The molecule has 0 bridgehead atoms. The van der Waals surface area contributed by atoms with Gasteiger partial charge in [-0.2, -0.15) is 0 Å². The van der Waals surface area contributed by atoms with E-state index in [4.69, 9.17) is 0 Å². The van der Waals surface area contributed by atoms with Gasteiger partial charge >= 0.3 is 0 Å². The summed E-state index contributed by atoms with van der Waals surface area (Å²) in [5, 5.41) is 11.6. The summed E-state index contributed by atoms with van der Waals surface area (Å²) in [7, 11) is 0. The first-order valence-electron chi connectivity index (χ1n) is 8.75.